The van der Waals surface area contributed by atoms with Gasteiger partial charge in [-0.3, -0.25) is 20.2 Å². The molecule has 0 unspecified atom stereocenters. The molecule has 0 N–H and O–H groups in total. The van der Waals surface area contributed by atoms with Crippen LogP contribution in [0.2, 0.25) is 0 Å². The number of hydrogen-bond donors (Lipinski definition) is 0. The van der Waals surface area contributed by atoms with Gasteiger partial charge in [0.1, 0.15) is 5.75 Å². The Morgan fingerprint density at radius 1 is 0.632 bits per heavy atom. The zero-order valence-electron chi connectivity index (χ0n) is 30.4. The molecule has 0 saturated carbocycles. The van der Waals surface area contributed by atoms with Gasteiger partial charge in [-0.1, -0.05) is 102 Å². The second-order valence-corrected chi connectivity index (χ2v) is 14.2. The number of thioether (sulfide) groups is 2. The predicted octanol–water partition coefficient (Wildman–Crippen LogP) is 8.69. The van der Waals surface area contributed by atoms with Crippen molar-refractivity contribution in [3.8, 4) is 28.5 Å². The fourth-order valence-electron chi connectivity index (χ4n) is 5.76. The highest BCUT2D eigenvalue weighted by Crippen LogP contribution is 2.36. The number of aryl methyl sites for hydroxylation is 1. The van der Waals surface area contributed by atoms with Gasteiger partial charge in [0.05, 0.1) is 29.4 Å². The molecule has 0 amide bonds. The molecule has 0 spiro atoms. The number of rotatable bonds is 15. The van der Waals surface area contributed by atoms with Crippen LogP contribution in [0.15, 0.2) is 142 Å². The van der Waals surface area contributed by atoms with E-state index in [2.05, 4.69) is 32.5 Å². The van der Waals surface area contributed by atoms with Crippen LogP contribution in [0.3, 0.4) is 0 Å². The van der Waals surface area contributed by atoms with Crippen LogP contribution in [0.5, 0.6) is 5.75 Å². The molecule has 17 heteroatoms. The lowest BCUT2D eigenvalue weighted by Gasteiger charge is -2.15. The third-order valence-electron chi connectivity index (χ3n) is 8.45. The maximum Gasteiger partial charge on any atom is 0.269 e. The first-order chi connectivity index (χ1) is 27.8. The average molecular weight is 797 g/mol. The molecule has 284 valence electrons. The number of aromatic nitrogens is 6. The van der Waals surface area contributed by atoms with E-state index in [1.165, 1.54) is 47.8 Å². The van der Waals surface area contributed by atoms with Crippen LogP contribution in [0.4, 0.5) is 11.4 Å². The average Bonchev–Trinajstić information content (AvgIpc) is 3.84. The molecule has 0 aliphatic rings. The molecule has 0 aliphatic heterocycles. The molecular weight excluding hydrogens is 765 g/mol. The largest absolute Gasteiger partial charge is 0.496 e. The highest BCUT2D eigenvalue weighted by molar-refractivity contribution is 7.98. The number of methoxy groups -OCH3 is 1. The number of benzene rings is 5. The lowest BCUT2D eigenvalue weighted by Crippen LogP contribution is -2.01. The summed E-state index contributed by atoms with van der Waals surface area (Å²) in [5, 5.41) is 50.7. The molecule has 7 aromatic rings. The molecule has 2 aromatic heterocycles. The van der Waals surface area contributed by atoms with E-state index >= 15 is 0 Å². The quantitative estimate of drug-likeness (QED) is 0.0419. The van der Waals surface area contributed by atoms with Gasteiger partial charge in [0.15, 0.2) is 11.6 Å². The van der Waals surface area contributed by atoms with E-state index in [9.17, 15) is 20.2 Å². The van der Waals surface area contributed by atoms with Crippen molar-refractivity contribution in [2.24, 2.45) is 10.2 Å². The van der Waals surface area contributed by atoms with Crippen LogP contribution >= 0.6 is 23.5 Å². The van der Waals surface area contributed by atoms with Gasteiger partial charge in [0.25, 0.3) is 11.4 Å². The minimum atomic E-state index is -0.443. The summed E-state index contributed by atoms with van der Waals surface area (Å²) >= 11 is 2.89. The first-order valence-electron chi connectivity index (χ1n) is 17.3. The SMILES string of the molecule is COc1c(CSc2nnc(-c3ccccc3)n2/N=C/c2ccc([N+](=O)[O-])cc2)cc(C)cc1CSc1nnc(-c2ccccc2)n1/N=C/c1ccc([N+](=O)[O-])cc1. The minimum Gasteiger partial charge on any atom is -0.496 e. The molecule has 0 atom stereocenters. The van der Waals surface area contributed by atoms with Crippen LogP contribution in [0.1, 0.15) is 27.8 Å². The lowest BCUT2D eigenvalue weighted by molar-refractivity contribution is -0.385. The van der Waals surface area contributed by atoms with Crippen molar-refractivity contribution in [3.05, 3.63) is 169 Å². The Balaban J connectivity index is 1.15. The van der Waals surface area contributed by atoms with Crippen molar-refractivity contribution >= 4 is 47.3 Å². The standard InChI is InChI=1S/C40H32N10O5S2/c1-27-21-32(25-56-39-45-43-37(30-9-5-3-6-10-30)47(39)41-23-28-13-17-34(18-14-28)49(51)52)36(55-2)33(22-27)26-57-40-46-44-38(31-11-7-4-8-12-31)48(40)42-24-29-15-19-35(20-16-29)50(53)54/h3-24H,25-26H2,1-2H3/b41-23+,42-24+. The van der Waals surface area contributed by atoms with Crippen molar-refractivity contribution in [1.29, 1.82) is 0 Å². The van der Waals surface area contributed by atoms with Crippen LogP contribution in [-0.4, -0.2) is 59.1 Å². The van der Waals surface area contributed by atoms with E-state index in [-0.39, 0.29) is 11.4 Å². The first kappa shape index (κ1) is 38.3. The number of non-ortho nitro benzene ring substituents is 2. The maximum absolute atomic E-state index is 11.1. The monoisotopic (exact) mass is 796 g/mol. The molecule has 2 heterocycles. The highest BCUT2D eigenvalue weighted by Gasteiger charge is 2.19. The van der Waals surface area contributed by atoms with Crippen LogP contribution in [-0.2, 0) is 11.5 Å². The second kappa shape index (κ2) is 17.7. The third-order valence-corrected chi connectivity index (χ3v) is 10.4. The summed E-state index contributed by atoms with van der Waals surface area (Å²) < 4.78 is 9.34. The van der Waals surface area contributed by atoms with Gasteiger partial charge in [0.2, 0.25) is 10.3 Å². The summed E-state index contributed by atoms with van der Waals surface area (Å²) in [5.74, 6) is 2.76. The van der Waals surface area contributed by atoms with E-state index in [0.29, 0.717) is 50.3 Å². The molecule has 15 nitrogen and oxygen atoms in total. The molecule has 0 saturated heterocycles. The Hall–Kier alpha value is -6.98. The number of nitrogens with zero attached hydrogens (tertiary/aromatic N) is 10. The van der Waals surface area contributed by atoms with Gasteiger partial charge >= 0.3 is 0 Å². The van der Waals surface area contributed by atoms with Gasteiger partial charge in [-0.25, -0.2) is 0 Å². The number of nitro groups is 2. The Morgan fingerprint density at radius 3 is 1.40 bits per heavy atom. The van der Waals surface area contributed by atoms with Crippen LogP contribution in [0, 0.1) is 27.2 Å². The van der Waals surface area contributed by atoms with E-state index < -0.39 is 9.85 Å². The summed E-state index contributed by atoms with van der Waals surface area (Å²) in [7, 11) is 1.64. The van der Waals surface area contributed by atoms with Crippen molar-refractivity contribution in [1.82, 2.24) is 29.7 Å². The van der Waals surface area contributed by atoms with Gasteiger partial charge < -0.3 is 4.74 Å². The fraction of sp³-hybridized carbons (Fsp3) is 0.100. The topological polar surface area (TPSA) is 182 Å². The lowest BCUT2D eigenvalue weighted by atomic mass is 10.1. The highest BCUT2D eigenvalue weighted by atomic mass is 32.2. The molecular formula is C40H32N10O5S2. The zero-order valence-corrected chi connectivity index (χ0v) is 32.1. The smallest absolute Gasteiger partial charge is 0.269 e. The Morgan fingerprint density at radius 2 is 1.04 bits per heavy atom. The second-order valence-electron chi connectivity index (χ2n) is 12.3. The minimum absolute atomic E-state index is 0.00505. The van der Waals surface area contributed by atoms with Gasteiger partial charge in [-0.2, -0.15) is 19.6 Å². The molecule has 7 rings (SSSR count). The Labute approximate surface area is 334 Å². The summed E-state index contributed by atoms with van der Waals surface area (Å²) in [6, 6.07) is 35.6. The zero-order chi connectivity index (χ0) is 39.7. The first-order valence-corrected chi connectivity index (χ1v) is 19.3. The van der Waals surface area contributed by atoms with E-state index in [1.54, 1.807) is 53.2 Å². The van der Waals surface area contributed by atoms with Gasteiger partial charge in [-0.15, -0.1) is 20.4 Å². The van der Waals surface area contributed by atoms with Crippen LogP contribution < -0.4 is 4.74 Å². The summed E-state index contributed by atoms with van der Waals surface area (Å²) in [6.45, 7) is 2.02. The normalized spacial score (nSPS) is 11.4. The molecule has 0 aliphatic carbocycles. The number of ether oxygens (including phenoxy) is 1. The van der Waals surface area contributed by atoms with Crippen molar-refractivity contribution in [2.45, 2.75) is 28.7 Å². The Bertz CT molecular complexity index is 2400. The van der Waals surface area contributed by atoms with Crippen molar-refractivity contribution in [3.63, 3.8) is 0 Å². The van der Waals surface area contributed by atoms with Crippen molar-refractivity contribution < 1.29 is 14.6 Å². The molecule has 0 radical (unpaired) electrons. The van der Waals surface area contributed by atoms with E-state index in [0.717, 1.165) is 27.8 Å². The van der Waals surface area contributed by atoms with E-state index in [4.69, 9.17) is 14.9 Å². The van der Waals surface area contributed by atoms with Crippen molar-refractivity contribution in [2.75, 3.05) is 7.11 Å². The third kappa shape index (κ3) is 9.12. The maximum atomic E-state index is 11.1. The van der Waals surface area contributed by atoms with Gasteiger partial charge in [-0.05, 0) is 42.3 Å². The summed E-state index contributed by atoms with van der Waals surface area (Å²) in [6.07, 6.45) is 3.23. The fourth-order valence-corrected chi connectivity index (χ4v) is 7.46. The summed E-state index contributed by atoms with van der Waals surface area (Å²) in [5.41, 5.74) is 5.91. The predicted molar refractivity (Wildman–Crippen MR) is 220 cm³/mol. The number of hydrogen-bond acceptors (Lipinski definition) is 13. The molecule has 5 aromatic carbocycles. The Kier molecular flexibility index (Phi) is 11.9. The molecule has 57 heavy (non-hydrogen) atoms. The summed E-state index contributed by atoms with van der Waals surface area (Å²) in [4.78, 5) is 21.4. The number of nitro benzene ring substituents is 2. The van der Waals surface area contributed by atoms with E-state index in [1.807, 2.05) is 67.6 Å². The van der Waals surface area contributed by atoms with Gasteiger partial charge in [0, 0.05) is 58.0 Å². The molecule has 0 fully saturated rings. The van der Waals surface area contributed by atoms with Crippen LogP contribution in [0.25, 0.3) is 22.8 Å². The molecule has 0 bridgehead atoms.